The van der Waals surface area contributed by atoms with E-state index in [0.29, 0.717) is 0 Å². The number of carboxylic acid groups (broad SMARTS) is 1. The van der Waals surface area contributed by atoms with Gasteiger partial charge in [0.15, 0.2) is 0 Å². The summed E-state index contributed by atoms with van der Waals surface area (Å²) in [6.07, 6.45) is 0. The average molecular weight is 302 g/mol. The minimum atomic E-state index is -1.17. The zero-order valence-electron chi connectivity index (χ0n) is 10.7. The Morgan fingerprint density at radius 2 is 2.10 bits per heavy atom. The van der Waals surface area contributed by atoms with Gasteiger partial charge in [0, 0.05) is 19.2 Å². The third-order valence-electron chi connectivity index (χ3n) is 2.66. The van der Waals surface area contributed by atoms with E-state index in [0.717, 1.165) is 11.0 Å². The highest BCUT2D eigenvalue weighted by Gasteiger charge is 2.22. The fourth-order valence-electron chi connectivity index (χ4n) is 1.27. The molecule has 2 amide bonds. The third-order valence-corrected chi connectivity index (χ3v) is 2.99. The van der Waals surface area contributed by atoms with Crippen molar-refractivity contribution >= 4 is 35.0 Å². The van der Waals surface area contributed by atoms with Crippen LogP contribution in [0.3, 0.4) is 0 Å². The fraction of sp³-hybridized carbons (Fsp3) is 0.273. The van der Waals surface area contributed by atoms with E-state index in [4.69, 9.17) is 16.7 Å². The van der Waals surface area contributed by atoms with Crippen molar-refractivity contribution in [3.63, 3.8) is 0 Å². The first-order valence-electron chi connectivity index (χ1n) is 5.44. The van der Waals surface area contributed by atoms with E-state index in [-0.39, 0.29) is 16.4 Å². The van der Waals surface area contributed by atoms with Gasteiger partial charge in [-0.15, -0.1) is 0 Å². The number of nitrogens with zero attached hydrogens (tertiary/aromatic N) is 2. The maximum absolute atomic E-state index is 11.8. The first kappa shape index (κ1) is 15.7. The number of rotatable bonds is 4. The molecule has 0 aliphatic rings. The average Bonchev–Trinajstić information content (AvgIpc) is 2.38. The molecular formula is C11H12ClN3O5. The van der Waals surface area contributed by atoms with Gasteiger partial charge in [-0.3, -0.25) is 10.1 Å². The normalized spacial score (nSPS) is 11.6. The molecule has 9 heteroatoms. The summed E-state index contributed by atoms with van der Waals surface area (Å²) in [6, 6.07) is 1.78. The number of anilines is 1. The van der Waals surface area contributed by atoms with Gasteiger partial charge in [-0.1, -0.05) is 11.6 Å². The van der Waals surface area contributed by atoms with E-state index < -0.39 is 23.0 Å². The molecule has 0 saturated carbocycles. The van der Waals surface area contributed by atoms with Crippen LogP contribution in [0.4, 0.5) is 16.2 Å². The Labute approximate surface area is 119 Å². The molecule has 0 saturated heterocycles. The van der Waals surface area contributed by atoms with Gasteiger partial charge in [0.25, 0.3) is 5.69 Å². The summed E-state index contributed by atoms with van der Waals surface area (Å²) in [5.74, 6) is -1.17. The number of urea groups is 1. The number of hydrogen-bond acceptors (Lipinski definition) is 4. The Hall–Kier alpha value is -2.35. The number of carbonyl (C=O) groups excluding carboxylic acids is 1. The van der Waals surface area contributed by atoms with Gasteiger partial charge in [-0.25, -0.2) is 9.59 Å². The maximum Gasteiger partial charge on any atom is 0.326 e. The first-order valence-corrected chi connectivity index (χ1v) is 5.82. The van der Waals surface area contributed by atoms with Gasteiger partial charge < -0.3 is 15.3 Å². The summed E-state index contributed by atoms with van der Waals surface area (Å²) in [5.41, 5.74) is -0.200. The molecule has 0 fully saturated rings. The van der Waals surface area contributed by atoms with Crippen molar-refractivity contribution in [2.24, 2.45) is 0 Å². The minimum absolute atomic E-state index is 0.0373. The zero-order chi connectivity index (χ0) is 15.4. The molecule has 0 bridgehead atoms. The molecule has 0 aliphatic carbocycles. The number of likely N-dealkylation sites (N-methyl/N-ethyl adjacent to an activating group) is 1. The lowest BCUT2D eigenvalue weighted by Gasteiger charge is -2.22. The minimum Gasteiger partial charge on any atom is -0.480 e. The van der Waals surface area contributed by atoms with Crippen molar-refractivity contribution in [2.75, 3.05) is 12.4 Å². The highest BCUT2D eigenvalue weighted by Crippen LogP contribution is 2.26. The number of carboxylic acids is 1. The second-order valence-electron chi connectivity index (χ2n) is 3.98. The van der Waals surface area contributed by atoms with Crippen LogP contribution in [0.25, 0.3) is 0 Å². The highest BCUT2D eigenvalue weighted by atomic mass is 35.5. The number of nitro groups is 1. The van der Waals surface area contributed by atoms with E-state index in [1.54, 1.807) is 0 Å². The molecule has 0 radical (unpaired) electrons. The quantitative estimate of drug-likeness (QED) is 0.653. The number of halogens is 1. The second-order valence-corrected chi connectivity index (χ2v) is 4.38. The van der Waals surface area contributed by atoms with Crippen LogP contribution in [0.15, 0.2) is 18.2 Å². The molecule has 1 rings (SSSR count). The molecule has 0 heterocycles. The van der Waals surface area contributed by atoms with E-state index in [2.05, 4.69) is 5.32 Å². The van der Waals surface area contributed by atoms with Crippen LogP contribution >= 0.6 is 11.6 Å². The Balaban J connectivity index is 2.93. The number of aliphatic carboxylic acids is 1. The van der Waals surface area contributed by atoms with Crippen LogP contribution in [0, 0.1) is 10.1 Å². The number of non-ortho nitro benzene ring substituents is 1. The van der Waals surface area contributed by atoms with Crippen LogP contribution in [-0.2, 0) is 4.79 Å². The molecule has 1 atom stereocenters. The third kappa shape index (κ3) is 3.58. The summed E-state index contributed by atoms with van der Waals surface area (Å²) in [6.45, 7) is 1.33. The predicted octanol–water partition coefficient (Wildman–Crippen LogP) is 2.18. The molecule has 8 nitrogen and oxygen atoms in total. The van der Waals surface area contributed by atoms with Crippen LogP contribution < -0.4 is 5.32 Å². The summed E-state index contributed by atoms with van der Waals surface area (Å²) in [7, 11) is 1.29. The van der Waals surface area contributed by atoms with Gasteiger partial charge in [-0.05, 0) is 13.0 Å². The van der Waals surface area contributed by atoms with Crippen LogP contribution in [0.2, 0.25) is 5.02 Å². The van der Waals surface area contributed by atoms with Crippen molar-refractivity contribution in [2.45, 2.75) is 13.0 Å². The SMILES string of the molecule is CC(C(=O)O)N(C)C(=O)Nc1cc([N+](=O)[O-])ccc1Cl. The maximum atomic E-state index is 11.8. The van der Waals surface area contributed by atoms with Gasteiger partial charge in [0.2, 0.25) is 0 Å². The number of nitrogens with one attached hydrogen (secondary N) is 1. The highest BCUT2D eigenvalue weighted by molar-refractivity contribution is 6.33. The topological polar surface area (TPSA) is 113 Å². The molecule has 0 aliphatic heterocycles. The number of benzene rings is 1. The predicted molar refractivity (Wildman–Crippen MR) is 72.0 cm³/mol. The molecule has 1 aromatic carbocycles. The summed E-state index contributed by atoms with van der Waals surface area (Å²) in [5, 5.41) is 21.9. The van der Waals surface area contributed by atoms with Crippen molar-refractivity contribution in [3.8, 4) is 0 Å². The Bertz CT molecular complexity index is 563. The van der Waals surface area contributed by atoms with E-state index >= 15 is 0 Å². The molecule has 108 valence electrons. The molecule has 0 spiro atoms. The Kier molecular flexibility index (Phi) is 4.87. The molecular weight excluding hydrogens is 290 g/mol. The van der Waals surface area contributed by atoms with Crippen molar-refractivity contribution < 1.29 is 19.6 Å². The number of hydrogen-bond donors (Lipinski definition) is 2. The number of amides is 2. The van der Waals surface area contributed by atoms with Crippen LogP contribution in [0.5, 0.6) is 0 Å². The molecule has 1 aromatic rings. The van der Waals surface area contributed by atoms with Crippen molar-refractivity contribution in [1.82, 2.24) is 4.90 Å². The monoisotopic (exact) mass is 301 g/mol. The van der Waals surface area contributed by atoms with E-state index in [1.165, 1.54) is 26.1 Å². The zero-order valence-corrected chi connectivity index (χ0v) is 11.4. The van der Waals surface area contributed by atoms with Crippen LogP contribution in [-0.4, -0.2) is 40.0 Å². The Morgan fingerprint density at radius 3 is 2.60 bits per heavy atom. The largest absolute Gasteiger partial charge is 0.480 e. The Morgan fingerprint density at radius 1 is 1.50 bits per heavy atom. The first-order chi connectivity index (χ1) is 9.23. The summed E-state index contributed by atoms with van der Waals surface area (Å²) < 4.78 is 0. The lowest BCUT2D eigenvalue weighted by atomic mass is 10.2. The van der Waals surface area contributed by atoms with Gasteiger partial charge in [0.1, 0.15) is 6.04 Å². The van der Waals surface area contributed by atoms with Crippen LogP contribution in [0.1, 0.15) is 6.92 Å². The van der Waals surface area contributed by atoms with E-state index in [1.807, 2.05) is 0 Å². The van der Waals surface area contributed by atoms with E-state index in [9.17, 15) is 19.7 Å². The van der Waals surface area contributed by atoms with Crippen molar-refractivity contribution in [1.29, 1.82) is 0 Å². The smallest absolute Gasteiger partial charge is 0.326 e. The summed E-state index contributed by atoms with van der Waals surface area (Å²) >= 11 is 5.82. The molecule has 20 heavy (non-hydrogen) atoms. The van der Waals surface area contributed by atoms with Crippen molar-refractivity contribution in [3.05, 3.63) is 33.3 Å². The molecule has 2 N–H and O–H groups in total. The van der Waals surface area contributed by atoms with Gasteiger partial charge in [-0.2, -0.15) is 0 Å². The molecule has 0 aromatic heterocycles. The molecule has 1 unspecified atom stereocenters. The number of carbonyl (C=O) groups is 2. The van der Waals surface area contributed by atoms with Gasteiger partial charge in [0.05, 0.1) is 15.6 Å². The fourth-order valence-corrected chi connectivity index (χ4v) is 1.43. The second kappa shape index (κ2) is 6.20. The lowest BCUT2D eigenvalue weighted by molar-refractivity contribution is -0.384. The van der Waals surface area contributed by atoms with Gasteiger partial charge >= 0.3 is 12.0 Å². The summed E-state index contributed by atoms with van der Waals surface area (Å²) in [4.78, 5) is 33.5. The standard InChI is InChI=1S/C11H12ClN3O5/c1-6(10(16)17)14(2)11(18)13-9-5-7(15(19)20)3-4-8(9)12/h3-6H,1-2H3,(H,13,18)(H,16,17). The lowest BCUT2D eigenvalue weighted by Crippen LogP contribution is -2.42. The number of nitro benzene ring substituents is 1.